The molecule has 0 bridgehead atoms. The molecule has 1 aromatic heterocycles. The Kier molecular flexibility index (Phi) is 4.76. The molecule has 1 N–H and O–H groups in total. The van der Waals surface area contributed by atoms with E-state index >= 15 is 0 Å². The van der Waals surface area contributed by atoms with E-state index in [2.05, 4.69) is 27.1 Å². The molecule has 1 aromatic carbocycles. The SMILES string of the molecule is CC1CCCN(c2cc(C(=O)Nc3ccccc3Cl)ncn2)C1. The normalized spacial score (nSPS) is 17.8. The fourth-order valence-electron chi connectivity index (χ4n) is 2.79. The molecule has 2 heterocycles. The van der Waals surface area contributed by atoms with Crippen molar-refractivity contribution >= 4 is 29.0 Å². The van der Waals surface area contributed by atoms with Crippen LogP contribution in [0.4, 0.5) is 11.5 Å². The lowest BCUT2D eigenvalue weighted by atomic mass is 10.0. The number of para-hydroxylation sites is 1. The zero-order valence-corrected chi connectivity index (χ0v) is 13.8. The zero-order valence-electron chi connectivity index (χ0n) is 13.0. The van der Waals surface area contributed by atoms with E-state index in [0.717, 1.165) is 25.3 Å². The number of aromatic nitrogens is 2. The molecule has 2 aromatic rings. The smallest absolute Gasteiger partial charge is 0.274 e. The summed E-state index contributed by atoms with van der Waals surface area (Å²) in [7, 11) is 0. The van der Waals surface area contributed by atoms with Crippen LogP contribution in [0, 0.1) is 5.92 Å². The molecule has 23 heavy (non-hydrogen) atoms. The van der Waals surface area contributed by atoms with E-state index in [4.69, 9.17) is 11.6 Å². The van der Waals surface area contributed by atoms with Crippen molar-refractivity contribution in [2.45, 2.75) is 19.8 Å². The van der Waals surface area contributed by atoms with Crippen LogP contribution >= 0.6 is 11.6 Å². The molecule has 5 nitrogen and oxygen atoms in total. The molecule has 1 aliphatic rings. The highest BCUT2D eigenvalue weighted by Gasteiger charge is 2.19. The third kappa shape index (κ3) is 3.79. The molecule has 1 unspecified atom stereocenters. The van der Waals surface area contributed by atoms with E-state index in [-0.39, 0.29) is 5.91 Å². The maximum Gasteiger partial charge on any atom is 0.274 e. The number of halogens is 1. The van der Waals surface area contributed by atoms with E-state index in [1.807, 2.05) is 12.1 Å². The number of anilines is 2. The fraction of sp³-hybridized carbons (Fsp3) is 0.353. The molecule has 0 spiro atoms. The molecule has 3 rings (SSSR count). The highest BCUT2D eigenvalue weighted by molar-refractivity contribution is 6.33. The van der Waals surface area contributed by atoms with E-state index in [1.54, 1.807) is 18.2 Å². The lowest BCUT2D eigenvalue weighted by Gasteiger charge is -2.31. The van der Waals surface area contributed by atoms with Gasteiger partial charge in [-0.1, -0.05) is 30.7 Å². The number of hydrogen-bond donors (Lipinski definition) is 1. The van der Waals surface area contributed by atoms with Crippen molar-refractivity contribution in [3.05, 3.63) is 47.4 Å². The Morgan fingerprint density at radius 1 is 1.35 bits per heavy atom. The molecule has 1 saturated heterocycles. The first kappa shape index (κ1) is 15.7. The second kappa shape index (κ2) is 6.96. The summed E-state index contributed by atoms with van der Waals surface area (Å²) < 4.78 is 0. The van der Waals surface area contributed by atoms with E-state index in [9.17, 15) is 4.79 Å². The first-order valence-corrected chi connectivity index (χ1v) is 8.14. The van der Waals surface area contributed by atoms with Crippen LogP contribution in [0.2, 0.25) is 5.02 Å². The minimum Gasteiger partial charge on any atom is -0.356 e. The summed E-state index contributed by atoms with van der Waals surface area (Å²) in [6.45, 7) is 4.16. The van der Waals surface area contributed by atoms with Crippen LogP contribution in [0.3, 0.4) is 0 Å². The van der Waals surface area contributed by atoms with Crippen LogP contribution in [-0.2, 0) is 0 Å². The summed E-state index contributed by atoms with van der Waals surface area (Å²) in [5.41, 5.74) is 0.916. The van der Waals surface area contributed by atoms with Crippen molar-refractivity contribution in [2.24, 2.45) is 5.92 Å². The summed E-state index contributed by atoms with van der Waals surface area (Å²) in [5.74, 6) is 1.15. The van der Waals surface area contributed by atoms with Gasteiger partial charge in [-0.2, -0.15) is 0 Å². The molecule has 6 heteroatoms. The Bertz CT molecular complexity index is 706. The molecule has 1 fully saturated rings. The molecule has 120 valence electrons. The summed E-state index contributed by atoms with van der Waals surface area (Å²) in [6.07, 6.45) is 3.82. The number of carbonyl (C=O) groups excluding carboxylic acids is 1. The molecule has 0 saturated carbocycles. The van der Waals surface area contributed by atoms with Crippen molar-refractivity contribution < 1.29 is 4.79 Å². The highest BCUT2D eigenvalue weighted by atomic mass is 35.5. The zero-order chi connectivity index (χ0) is 16.2. The second-order valence-corrected chi connectivity index (χ2v) is 6.30. The van der Waals surface area contributed by atoms with Crippen LogP contribution in [-0.4, -0.2) is 29.0 Å². The van der Waals surface area contributed by atoms with E-state index < -0.39 is 0 Å². The highest BCUT2D eigenvalue weighted by Crippen LogP contribution is 2.23. The van der Waals surface area contributed by atoms with Gasteiger partial charge >= 0.3 is 0 Å². The summed E-state index contributed by atoms with van der Waals surface area (Å²) >= 11 is 6.07. The number of piperidine rings is 1. The van der Waals surface area contributed by atoms with Gasteiger partial charge in [0.25, 0.3) is 5.91 Å². The van der Waals surface area contributed by atoms with Crippen LogP contribution < -0.4 is 10.2 Å². The lowest BCUT2D eigenvalue weighted by Crippen LogP contribution is -2.35. The Morgan fingerprint density at radius 3 is 2.96 bits per heavy atom. The molecule has 0 radical (unpaired) electrons. The van der Waals surface area contributed by atoms with Gasteiger partial charge in [-0.3, -0.25) is 4.79 Å². The largest absolute Gasteiger partial charge is 0.356 e. The first-order valence-electron chi connectivity index (χ1n) is 7.76. The predicted octanol–water partition coefficient (Wildman–Crippen LogP) is 3.62. The number of amides is 1. The predicted molar refractivity (Wildman–Crippen MR) is 92.0 cm³/mol. The van der Waals surface area contributed by atoms with Gasteiger partial charge in [0.05, 0.1) is 10.7 Å². The third-order valence-corrected chi connectivity index (χ3v) is 4.32. The quantitative estimate of drug-likeness (QED) is 0.933. The van der Waals surface area contributed by atoms with Gasteiger partial charge < -0.3 is 10.2 Å². The minimum atomic E-state index is -0.285. The van der Waals surface area contributed by atoms with Gasteiger partial charge in [0.2, 0.25) is 0 Å². The summed E-state index contributed by atoms with van der Waals surface area (Å²) in [5, 5.41) is 3.29. The van der Waals surface area contributed by atoms with Crippen molar-refractivity contribution in [1.82, 2.24) is 9.97 Å². The van der Waals surface area contributed by atoms with Crippen LogP contribution in [0.1, 0.15) is 30.3 Å². The van der Waals surface area contributed by atoms with E-state index in [0.29, 0.717) is 22.3 Å². The molecular weight excluding hydrogens is 312 g/mol. The molecular formula is C17H19ClN4O. The molecule has 1 aliphatic heterocycles. The number of carbonyl (C=O) groups is 1. The molecule has 0 aliphatic carbocycles. The second-order valence-electron chi connectivity index (χ2n) is 5.89. The fourth-order valence-corrected chi connectivity index (χ4v) is 2.97. The van der Waals surface area contributed by atoms with Crippen molar-refractivity contribution in [3.8, 4) is 0 Å². The number of nitrogens with zero attached hydrogens (tertiary/aromatic N) is 3. The lowest BCUT2D eigenvalue weighted by molar-refractivity contribution is 0.102. The summed E-state index contributed by atoms with van der Waals surface area (Å²) in [6, 6.07) is 8.87. The van der Waals surface area contributed by atoms with Gasteiger partial charge in [-0.15, -0.1) is 0 Å². The van der Waals surface area contributed by atoms with Gasteiger partial charge in [-0.25, -0.2) is 9.97 Å². The van der Waals surface area contributed by atoms with Crippen LogP contribution in [0.15, 0.2) is 36.7 Å². The van der Waals surface area contributed by atoms with Crippen LogP contribution in [0.5, 0.6) is 0 Å². The number of benzene rings is 1. The van der Waals surface area contributed by atoms with Gasteiger partial charge in [0, 0.05) is 19.2 Å². The monoisotopic (exact) mass is 330 g/mol. The molecule has 1 atom stereocenters. The Labute approximate surface area is 140 Å². The standard InChI is InChI=1S/C17H19ClN4O/c1-12-5-4-8-22(10-12)16-9-15(19-11-20-16)17(23)21-14-7-3-2-6-13(14)18/h2-3,6-7,9,11-12H,4-5,8,10H2,1H3,(H,21,23). The number of nitrogens with one attached hydrogen (secondary N) is 1. The van der Waals surface area contributed by atoms with Gasteiger partial charge in [0.1, 0.15) is 17.8 Å². The topological polar surface area (TPSA) is 58.1 Å². The number of rotatable bonds is 3. The Balaban J connectivity index is 1.76. The average molecular weight is 331 g/mol. The third-order valence-electron chi connectivity index (χ3n) is 3.99. The van der Waals surface area contributed by atoms with E-state index in [1.165, 1.54) is 12.7 Å². The maximum atomic E-state index is 12.4. The van der Waals surface area contributed by atoms with Crippen molar-refractivity contribution in [3.63, 3.8) is 0 Å². The first-order chi connectivity index (χ1) is 11.1. The molecule has 1 amide bonds. The number of hydrogen-bond acceptors (Lipinski definition) is 4. The van der Waals surface area contributed by atoms with Crippen LogP contribution in [0.25, 0.3) is 0 Å². The van der Waals surface area contributed by atoms with Crippen molar-refractivity contribution in [1.29, 1.82) is 0 Å². The Morgan fingerprint density at radius 2 is 2.17 bits per heavy atom. The van der Waals surface area contributed by atoms with Gasteiger partial charge in [-0.05, 0) is 30.9 Å². The Hall–Kier alpha value is -2.14. The maximum absolute atomic E-state index is 12.4. The van der Waals surface area contributed by atoms with Crippen molar-refractivity contribution in [2.75, 3.05) is 23.3 Å². The average Bonchev–Trinajstić information content (AvgIpc) is 2.57. The minimum absolute atomic E-state index is 0.285. The summed E-state index contributed by atoms with van der Waals surface area (Å²) in [4.78, 5) is 23.0. The van der Waals surface area contributed by atoms with Gasteiger partial charge in [0.15, 0.2) is 0 Å².